The molecule has 0 N–H and O–H groups in total. The molecule has 1 aliphatic rings. The second-order valence-corrected chi connectivity index (χ2v) is 7.75. The molecule has 0 saturated carbocycles. The Morgan fingerprint density at radius 2 is 1.48 bits per heavy atom. The summed E-state index contributed by atoms with van der Waals surface area (Å²) in [7, 11) is 1.83. The standard InChI is InChI=1S/C25H24NO4.ClH/c1-26(17-22(27)21-10-6-3-7-11-21,25(28)15-19-8-4-2-5-9-19)16-20-12-13-23-24(14-20)30-18-29-23;/h2-14H,15-18H2,1H3;1H/q+1;/p-1. The first-order valence-electron chi connectivity index (χ1n) is 9.92. The maximum atomic E-state index is 13.4. The third-order valence-corrected chi connectivity index (χ3v) is 5.36. The monoisotopic (exact) mass is 437 g/mol. The molecule has 0 spiro atoms. The highest BCUT2D eigenvalue weighted by Gasteiger charge is 2.35. The summed E-state index contributed by atoms with van der Waals surface area (Å²) in [6.45, 7) is 0.676. The predicted octanol–water partition coefficient (Wildman–Crippen LogP) is 1.02. The number of hydrogen-bond acceptors (Lipinski definition) is 4. The molecule has 0 saturated heterocycles. The molecule has 4 rings (SSSR count). The maximum absolute atomic E-state index is 13.4. The van der Waals surface area contributed by atoms with Gasteiger partial charge in [0.2, 0.25) is 12.6 Å². The summed E-state index contributed by atoms with van der Waals surface area (Å²) in [5, 5.41) is 0. The number of fused-ring (bicyclic) bond motifs is 1. The number of rotatable bonds is 7. The SMILES string of the molecule is C[N+](CC(=O)c1ccccc1)(Cc1ccc2c(c1)OCO2)C(=O)Cc1ccccc1.[Cl-]. The topological polar surface area (TPSA) is 52.6 Å². The lowest BCUT2D eigenvalue weighted by Crippen LogP contribution is -3.00. The molecular formula is C25H24ClNO4. The van der Waals surface area contributed by atoms with Gasteiger partial charge in [-0.15, -0.1) is 0 Å². The fourth-order valence-electron chi connectivity index (χ4n) is 3.67. The molecule has 31 heavy (non-hydrogen) atoms. The molecule has 1 amide bonds. The van der Waals surface area contributed by atoms with Crippen molar-refractivity contribution in [2.45, 2.75) is 13.0 Å². The van der Waals surface area contributed by atoms with Crippen molar-refractivity contribution in [2.24, 2.45) is 0 Å². The molecule has 160 valence electrons. The molecule has 3 aromatic carbocycles. The Morgan fingerprint density at radius 1 is 0.839 bits per heavy atom. The van der Waals surface area contributed by atoms with Gasteiger partial charge in [0.05, 0.1) is 13.5 Å². The number of halogens is 1. The minimum absolute atomic E-state index is 0. The number of Topliss-reactive ketones (excluding diaryl/α,β-unsaturated/α-hetero) is 1. The summed E-state index contributed by atoms with van der Waals surface area (Å²) in [6, 6.07) is 24.4. The Kier molecular flexibility index (Phi) is 7.10. The molecule has 3 aromatic rings. The van der Waals surface area contributed by atoms with Gasteiger partial charge in [0.15, 0.2) is 11.5 Å². The van der Waals surface area contributed by atoms with Crippen LogP contribution in [0.15, 0.2) is 78.9 Å². The number of quaternary nitrogens is 1. The highest BCUT2D eigenvalue weighted by atomic mass is 35.5. The number of amides is 1. The highest BCUT2D eigenvalue weighted by molar-refractivity contribution is 5.97. The summed E-state index contributed by atoms with van der Waals surface area (Å²) >= 11 is 0. The molecule has 1 aliphatic heterocycles. The fraction of sp³-hybridized carbons (Fsp3) is 0.200. The van der Waals surface area contributed by atoms with Crippen molar-refractivity contribution < 1.29 is 36.0 Å². The summed E-state index contributed by atoms with van der Waals surface area (Å²) < 4.78 is 10.8. The van der Waals surface area contributed by atoms with E-state index < -0.39 is 0 Å². The van der Waals surface area contributed by atoms with E-state index in [4.69, 9.17) is 9.47 Å². The zero-order chi connectivity index (χ0) is 21.0. The molecule has 1 heterocycles. The molecule has 5 nitrogen and oxygen atoms in total. The normalized spacial score (nSPS) is 13.7. The smallest absolute Gasteiger partial charge is 0.318 e. The maximum Gasteiger partial charge on any atom is 0.318 e. The lowest BCUT2D eigenvalue weighted by atomic mass is 10.1. The minimum Gasteiger partial charge on any atom is -1.00 e. The van der Waals surface area contributed by atoms with E-state index in [1.165, 1.54) is 0 Å². The number of nitrogens with zero attached hydrogens (tertiary/aromatic N) is 1. The van der Waals surface area contributed by atoms with Crippen molar-refractivity contribution in [1.82, 2.24) is 0 Å². The average Bonchev–Trinajstić information content (AvgIpc) is 3.23. The van der Waals surface area contributed by atoms with E-state index in [2.05, 4.69) is 0 Å². The molecule has 0 radical (unpaired) electrons. The first-order valence-corrected chi connectivity index (χ1v) is 9.92. The molecule has 1 atom stereocenters. The van der Waals surface area contributed by atoms with Crippen LogP contribution in [0.25, 0.3) is 0 Å². The Labute approximate surface area is 188 Å². The van der Waals surface area contributed by atoms with Crippen molar-refractivity contribution in [3.63, 3.8) is 0 Å². The van der Waals surface area contributed by atoms with Crippen molar-refractivity contribution in [3.05, 3.63) is 95.6 Å². The largest absolute Gasteiger partial charge is 1.00 e. The van der Waals surface area contributed by atoms with Gasteiger partial charge >= 0.3 is 5.91 Å². The number of benzene rings is 3. The van der Waals surface area contributed by atoms with Gasteiger partial charge in [-0.1, -0.05) is 60.7 Å². The van der Waals surface area contributed by atoms with Gasteiger partial charge in [0.1, 0.15) is 13.1 Å². The predicted molar refractivity (Wildman–Crippen MR) is 113 cm³/mol. The van der Waals surface area contributed by atoms with Crippen LogP contribution in [-0.2, 0) is 17.8 Å². The van der Waals surface area contributed by atoms with E-state index >= 15 is 0 Å². The third kappa shape index (κ3) is 5.32. The molecule has 0 fully saturated rings. The van der Waals surface area contributed by atoms with Gasteiger partial charge in [-0.2, -0.15) is 0 Å². The van der Waals surface area contributed by atoms with E-state index in [0.717, 1.165) is 11.1 Å². The molecule has 0 aromatic heterocycles. The number of carbonyl (C=O) groups is 2. The zero-order valence-electron chi connectivity index (χ0n) is 17.3. The summed E-state index contributed by atoms with van der Waals surface area (Å²) in [5.74, 6) is 1.30. The number of ether oxygens (including phenoxy) is 2. The van der Waals surface area contributed by atoms with E-state index in [-0.39, 0.29) is 48.3 Å². The molecule has 0 aliphatic carbocycles. The number of likely N-dealkylation sites (N-methyl/N-ethyl adjacent to an activating group) is 1. The Balaban J connectivity index is 0.00000272. The summed E-state index contributed by atoms with van der Waals surface area (Å²) in [5.41, 5.74) is 2.47. The van der Waals surface area contributed by atoms with Crippen LogP contribution in [0.3, 0.4) is 0 Å². The van der Waals surface area contributed by atoms with Crippen LogP contribution in [0, 0.1) is 0 Å². The van der Waals surface area contributed by atoms with Crippen LogP contribution in [0.4, 0.5) is 0 Å². The van der Waals surface area contributed by atoms with E-state index in [1.54, 1.807) is 12.1 Å². The van der Waals surface area contributed by atoms with Crippen LogP contribution >= 0.6 is 0 Å². The van der Waals surface area contributed by atoms with E-state index in [1.807, 2.05) is 73.8 Å². The second-order valence-electron chi connectivity index (χ2n) is 7.75. The molecule has 6 heteroatoms. The Morgan fingerprint density at radius 3 is 2.19 bits per heavy atom. The van der Waals surface area contributed by atoms with Gasteiger partial charge in [-0.3, -0.25) is 9.28 Å². The quantitative estimate of drug-likeness (QED) is 0.409. The number of ketones is 1. The van der Waals surface area contributed by atoms with Gasteiger partial charge in [-0.05, 0) is 23.8 Å². The third-order valence-electron chi connectivity index (χ3n) is 5.36. The fourth-order valence-corrected chi connectivity index (χ4v) is 3.67. The Bertz CT molecular complexity index is 1060. The Hall–Kier alpha value is -3.15. The van der Waals surface area contributed by atoms with E-state index in [0.29, 0.717) is 23.6 Å². The van der Waals surface area contributed by atoms with Gasteiger partial charge in [0.25, 0.3) is 0 Å². The van der Waals surface area contributed by atoms with Crippen LogP contribution in [0.2, 0.25) is 0 Å². The van der Waals surface area contributed by atoms with Crippen LogP contribution < -0.4 is 21.9 Å². The lowest BCUT2D eigenvalue weighted by Gasteiger charge is -2.31. The van der Waals surface area contributed by atoms with Crippen LogP contribution in [0.5, 0.6) is 11.5 Å². The van der Waals surface area contributed by atoms with Gasteiger partial charge in [0, 0.05) is 11.1 Å². The first-order chi connectivity index (χ1) is 14.5. The van der Waals surface area contributed by atoms with Crippen molar-refractivity contribution in [3.8, 4) is 11.5 Å². The molecular weight excluding hydrogens is 414 g/mol. The minimum atomic E-state index is -0.0553. The van der Waals surface area contributed by atoms with Crippen molar-refractivity contribution in [1.29, 1.82) is 0 Å². The average molecular weight is 438 g/mol. The summed E-state index contributed by atoms with van der Waals surface area (Å²) in [4.78, 5) is 26.4. The van der Waals surface area contributed by atoms with Crippen molar-refractivity contribution in [2.75, 3.05) is 20.4 Å². The summed E-state index contributed by atoms with van der Waals surface area (Å²) in [6.07, 6.45) is 0.268. The van der Waals surface area contributed by atoms with Gasteiger partial charge < -0.3 is 21.9 Å². The van der Waals surface area contributed by atoms with Crippen LogP contribution in [-0.4, -0.2) is 36.6 Å². The highest BCUT2D eigenvalue weighted by Crippen LogP contribution is 2.33. The first kappa shape index (κ1) is 22.5. The van der Waals surface area contributed by atoms with E-state index in [9.17, 15) is 9.59 Å². The number of carbonyl (C=O) groups excluding carboxylic acids is 2. The molecule has 0 bridgehead atoms. The second kappa shape index (κ2) is 9.77. The lowest BCUT2D eigenvalue weighted by molar-refractivity contribution is -0.839. The molecule has 1 unspecified atom stereocenters. The van der Waals surface area contributed by atoms with Crippen molar-refractivity contribution >= 4 is 11.7 Å². The van der Waals surface area contributed by atoms with Crippen LogP contribution in [0.1, 0.15) is 21.5 Å². The zero-order valence-corrected chi connectivity index (χ0v) is 18.0. The van der Waals surface area contributed by atoms with Gasteiger partial charge in [-0.25, -0.2) is 4.79 Å². The number of hydrogen-bond donors (Lipinski definition) is 0.